The fourth-order valence-electron chi connectivity index (χ4n) is 2.56. The van der Waals surface area contributed by atoms with E-state index < -0.39 is 11.7 Å². The molecule has 1 unspecified atom stereocenters. The van der Waals surface area contributed by atoms with Gasteiger partial charge in [0.2, 0.25) is 5.91 Å². The number of amides is 1. The van der Waals surface area contributed by atoms with Gasteiger partial charge >= 0.3 is 6.18 Å². The molecule has 7 heteroatoms. The Balaban J connectivity index is 1.61. The molecule has 1 amide bonds. The second-order valence-electron chi connectivity index (χ2n) is 5.77. The predicted octanol–water partition coefficient (Wildman–Crippen LogP) is 5.67. The molecule has 2 heterocycles. The van der Waals surface area contributed by atoms with Crippen molar-refractivity contribution >= 4 is 28.6 Å². The van der Waals surface area contributed by atoms with Gasteiger partial charge in [-0.25, -0.2) is 0 Å². The standard InChI is InChI=1S/C19H16F3NOS2/c20-19(21,22)15-6-3-13(4-7-15)5-8-17(24)23-18(14-9-11-25-12-14)16-2-1-10-26-16/h1-4,6-7,9-12,18H,5,8H2,(H,23,24). The molecular formula is C19H16F3NOS2. The molecule has 0 aliphatic carbocycles. The minimum Gasteiger partial charge on any atom is -0.344 e. The van der Waals surface area contributed by atoms with Crippen LogP contribution in [0.2, 0.25) is 0 Å². The first kappa shape index (κ1) is 18.7. The number of carbonyl (C=O) groups is 1. The van der Waals surface area contributed by atoms with Crippen LogP contribution >= 0.6 is 22.7 Å². The van der Waals surface area contributed by atoms with Crippen molar-refractivity contribution in [3.8, 4) is 0 Å². The van der Waals surface area contributed by atoms with Crippen LogP contribution in [0.5, 0.6) is 0 Å². The Morgan fingerprint density at radius 1 is 1.08 bits per heavy atom. The van der Waals surface area contributed by atoms with Crippen LogP contribution in [0.1, 0.15) is 34.0 Å². The highest BCUT2D eigenvalue weighted by molar-refractivity contribution is 7.10. The minimum atomic E-state index is -4.34. The Morgan fingerprint density at radius 2 is 1.85 bits per heavy atom. The fraction of sp³-hybridized carbons (Fsp3) is 0.211. The second-order valence-corrected chi connectivity index (χ2v) is 7.53. The average Bonchev–Trinajstić information content (AvgIpc) is 3.31. The number of halogens is 3. The molecule has 1 N–H and O–H groups in total. The van der Waals surface area contributed by atoms with E-state index in [-0.39, 0.29) is 18.4 Å². The third kappa shape index (κ3) is 4.74. The largest absolute Gasteiger partial charge is 0.416 e. The zero-order valence-electron chi connectivity index (χ0n) is 13.6. The summed E-state index contributed by atoms with van der Waals surface area (Å²) in [4.78, 5) is 13.4. The van der Waals surface area contributed by atoms with E-state index in [1.54, 1.807) is 22.7 Å². The maximum absolute atomic E-state index is 12.6. The summed E-state index contributed by atoms with van der Waals surface area (Å²) in [6.45, 7) is 0. The smallest absolute Gasteiger partial charge is 0.344 e. The summed E-state index contributed by atoms with van der Waals surface area (Å²) in [5, 5.41) is 8.95. The number of aryl methyl sites for hydroxylation is 1. The zero-order valence-corrected chi connectivity index (χ0v) is 15.3. The van der Waals surface area contributed by atoms with Crippen LogP contribution in [0, 0.1) is 0 Å². The van der Waals surface area contributed by atoms with E-state index in [4.69, 9.17) is 0 Å². The van der Waals surface area contributed by atoms with Crippen LogP contribution in [-0.4, -0.2) is 5.91 Å². The van der Waals surface area contributed by atoms with Gasteiger partial charge in [-0.05, 0) is 58.0 Å². The molecule has 136 valence electrons. The van der Waals surface area contributed by atoms with Gasteiger partial charge in [-0.3, -0.25) is 4.79 Å². The number of rotatable bonds is 6. The molecule has 1 aromatic carbocycles. The molecular weight excluding hydrogens is 379 g/mol. The lowest BCUT2D eigenvalue weighted by atomic mass is 10.1. The van der Waals surface area contributed by atoms with E-state index in [0.717, 1.165) is 22.6 Å². The van der Waals surface area contributed by atoms with Crippen molar-refractivity contribution in [2.45, 2.75) is 25.1 Å². The van der Waals surface area contributed by atoms with E-state index in [0.29, 0.717) is 12.0 Å². The lowest BCUT2D eigenvalue weighted by Crippen LogP contribution is -2.28. The third-order valence-electron chi connectivity index (χ3n) is 3.93. The van der Waals surface area contributed by atoms with Crippen molar-refractivity contribution in [2.75, 3.05) is 0 Å². The van der Waals surface area contributed by atoms with E-state index >= 15 is 0 Å². The van der Waals surface area contributed by atoms with Crippen LogP contribution < -0.4 is 5.32 Å². The number of nitrogens with one attached hydrogen (secondary N) is 1. The van der Waals surface area contributed by atoms with Gasteiger partial charge in [0.25, 0.3) is 0 Å². The van der Waals surface area contributed by atoms with Gasteiger partial charge in [0.05, 0.1) is 11.6 Å². The molecule has 0 aliphatic rings. The van der Waals surface area contributed by atoms with E-state index in [9.17, 15) is 18.0 Å². The number of benzene rings is 1. The molecule has 2 nitrogen and oxygen atoms in total. The summed E-state index contributed by atoms with van der Waals surface area (Å²) in [5.74, 6) is -0.130. The molecule has 0 bridgehead atoms. The topological polar surface area (TPSA) is 29.1 Å². The van der Waals surface area contributed by atoms with E-state index in [1.165, 1.54) is 12.1 Å². The van der Waals surface area contributed by atoms with Crippen molar-refractivity contribution in [1.82, 2.24) is 5.32 Å². The Labute approximate surface area is 157 Å². The normalized spacial score (nSPS) is 12.7. The second kappa shape index (κ2) is 8.05. The van der Waals surface area contributed by atoms with Gasteiger partial charge in [0.1, 0.15) is 0 Å². The van der Waals surface area contributed by atoms with Crippen LogP contribution in [0.15, 0.2) is 58.6 Å². The number of carbonyl (C=O) groups excluding carboxylic acids is 1. The molecule has 3 aromatic rings. The number of alkyl halides is 3. The van der Waals surface area contributed by atoms with Crippen LogP contribution in [0.25, 0.3) is 0 Å². The Morgan fingerprint density at radius 3 is 2.42 bits per heavy atom. The van der Waals surface area contributed by atoms with Gasteiger partial charge in [-0.2, -0.15) is 24.5 Å². The lowest BCUT2D eigenvalue weighted by molar-refractivity contribution is -0.137. The predicted molar refractivity (Wildman–Crippen MR) is 98.4 cm³/mol. The monoisotopic (exact) mass is 395 g/mol. The lowest BCUT2D eigenvalue weighted by Gasteiger charge is -2.16. The molecule has 1 atom stereocenters. The quantitative estimate of drug-likeness (QED) is 0.573. The third-order valence-corrected chi connectivity index (χ3v) is 5.57. The average molecular weight is 395 g/mol. The van der Waals surface area contributed by atoms with Crippen molar-refractivity contribution < 1.29 is 18.0 Å². The number of hydrogen-bond acceptors (Lipinski definition) is 3. The highest BCUT2D eigenvalue weighted by Crippen LogP contribution is 2.30. The number of thiophene rings is 2. The zero-order chi connectivity index (χ0) is 18.6. The summed E-state index contributed by atoms with van der Waals surface area (Å²) in [7, 11) is 0. The Bertz CT molecular complexity index is 791. The SMILES string of the molecule is O=C(CCc1ccc(C(F)(F)F)cc1)NC(c1ccsc1)c1cccs1. The van der Waals surface area contributed by atoms with Crippen molar-refractivity contribution in [3.05, 3.63) is 80.2 Å². The fourth-order valence-corrected chi connectivity index (χ4v) is 4.05. The number of hydrogen-bond donors (Lipinski definition) is 1. The van der Waals surface area contributed by atoms with Crippen molar-refractivity contribution in [2.24, 2.45) is 0 Å². The van der Waals surface area contributed by atoms with Crippen LogP contribution in [0.4, 0.5) is 13.2 Å². The molecule has 0 radical (unpaired) electrons. The Hall–Kier alpha value is -2.12. The summed E-state index contributed by atoms with van der Waals surface area (Å²) in [5.41, 5.74) is 1.05. The first-order valence-electron chi connectivity index (χ1n) is 7.94. The first-order chi connectivity index (χ1) is 12.4. The molecule has 0 aliphatic heterocycles. The maximum atomic E-state index is 12.6. The first-order valence-corrected chi connectivity index (χ1v) is 9.77. The molecule has 0 spiro atoms. The summed E-state index contributed by atoms with van der Waals surface area (Å²) in [6, 6.07) is 10.6. The van der Waals surface area contributed by atoms with Crippen LogP contribution in [-0.2, 0) is 17.4 Å². The molecule has 3 rings (SSSR count). The van der Waals surface area contributed by atoms with Gasteiger partial charge in [0, 0.05) is 11.3 Å². The summed E-state index contributed by atoms with van der Waals surface area (Å²) >= 11 is 3.14. The molecule has 0 fully saturated rings. The molecule has 0 saturated carbocycles. The highest BCUT2D eigenvalue weighted by atomic mass is 32.1. The van der Waals surface area contributed by atoms with Gasteiger partial charge in [-0.15, -0.1) is 11.3 Å². The molecule has 2 aromatic heterocycles. The molecule has 0 saturated heterocycles. The summed E-state index contributed by atoms with van der Waals surface area (Å²) in [6.07, 6.45) is -3.73. The van der Waals surface area contributed by atoms with E-state index in [2.05, 4.69) is 5.32 Å². The van der Waals surface area contributed by atoms with Crippen LogP contribution in [0.3, 0.4) is 0 Å². The van der Waals surface area contributed by atoms with Gasteiger partial charge in [-0.1, -0.05) is 18.2 Å². The summed E-state index contributed by atoms with van der Waals surface area (Å²) < 4.78 is 37.8. The minimum absolute atomic E-state index is 0.130. The van der Waals surface area contributed by atoms with Gasteiger partial charge in [0.15, 0.2) is 0 Å². The Kier molecular flexibility index (Phi) is 5.78. The van der Waals surface area contributed by atoms with Gasteiger partial charge < -0.3 is 5.32 Å². The highest BCUT2D eigenvalue weighted by Gasteiger charge is 2.29. The van der Waals surface area contributed by atoms with Crippen molar-refractivity contribution in [3.63, 3.8) is 0 Å². The van der Waals surface area contributed by atoms with E-state index in [1.807, 2.05) is 34.3 Å². The van der Waals surface area contributed by atoms with Crippen molar-refractivity contribution in [1.29, 1.82) is 0 Å². The molecule has 26 heavy (non-hydrogen) atoms. The maximum Gasteiger partial charge on any atom is 0.416 e.